The van der Waals surface area contributed by atoms with Gasteiger partial charge >= 0.3 is 0 Å². The van der Waals surface area contributed by atoms with Crippen LogP contribution >= 0.6 is 15.9 Å². The largest absolute Gasteiger partial charge is 0.384 e. The number of benzene rings is 2. The molecule has 0 saturated carbocycles. The quantitative estimate of drug-likeness (QED) is 0.367. The molecule has 0 atom stereocenters. The van der Waals surface area contributed by atoms with E-state index >= 15 is 0 Å². The molecule has 6 rings (SSSR count). The molecule has 3 N–H and O–H groups in total. The number of nitrogen functional groups attached to an aromatic ring is 1. The third-order valence-electron chi connectivity index (χ3n) is 5.55. The molecule has 2 aromatic carbocycles. The highest BCUT2D eigenvalue weighted by molar-refractivity contribution is 9.10. The highest BCUT2D eigenvalue weighted by Gasteiger charge is 2.16. The second-order valence-corrected chi connectivity index (χ2v) is 8.34. The fraction of sp³-hybridized carbons (Fsp3) is 0.0435. The second-order valence-electron chi connectivity index (χ2n) is 7.43. The van der Waals surface area contributed by atoms with Gasteiger partial charge in [0.05, 0.1) is 11.4 Å². The molecule has 0 fully saturated rings. The summed E-state index contributed by atoms with van der Waals surface area (Å²) < 4.78 is 4.83. The normalized spacial score (nSPS) is 11.8. The lowest BCUT2D eigenvalue weighted by Crippen LogP contribution is -2.01. The number of hydrogen-bond acceptors (Lipinski definition) is 3. The van der Waals surface area contributed by atoms with Crippen LogP contribution in [-0.2, 0) is 7.05 Å². The van der Waals surface area contributed by atoms with Gasteiger partial charge in [-0.15, -0.1) is 0 Å². The standard InChI is InChI=1S/C23H17BrN6/c1-29-12-17(15-8-13(24)6-7-21(15)29)19-9-22(25)30-23(27-19)10-20(28-30)16-11-26-18-5-3-2-4-14(16)18/h2-12,26H,25H2,1H3. The molecule has 146 valence electrons. The van der Waals surface area contributed by atoms with E-state index in [1.165, 1.54) is 0 Å². The third-order valence-corrected chi connectivity index (χ3v) is 6.04. The first-order valence-electron chi connectivity index (χ1n) is 9.56. The van der Waals surface area contributed by atoms with Gasteiger partial charge in [-0.25, -0.2) is 4.98 Å². The van der Waals surface area contributed by atoms with E-state index in [1.807, 2.05) is 43.6 Å². The van der Waals surface area contributed by atoms with E-state index in [0.717, 1.165) is 54.4 Å². The lowest BCUT2D eigenvalue weighted by Gasteiger charge is -2.03. The Bertz CT molecular complexity index is 1590. The molecule has 0 radical (unpaired) electrons. The van der Waals surface area contributed by atoms with Crippen molar-refractivity contribution in [2.75, 3.05) is 5.73 Å². The number of nitrogens with two attached hydrogens (primary N) is 1. The molecule has 7 heteroatoms. The molecule has 0 aliphatic heterocycles. The number of halogens is 1. The molecule has 0 unspecified atom stereocenters. The molecule has 6 nitrogen and oxygen atoms in total. The molecule has 4 heterocycles. The molecule has 0 saturated heterocycles. The molecule has 6 aromatic rings. The highest BCUT2D eigenvalue weighted by atomic mass is 79.9. The van der Waals surface area contributed by atoms with Gasteiger partial charge in [0, 0.05) is 69.0 Å². The fourth-order valence-corrected chi connectivity index (χ4v) is 4.48. The zero-order valence-electron chi connectivity index (χ0n) is 16.1. The van der Waals surface area contributed by atoms with Gasteiger partial charge in [-0.05, 0) is 24.3 Å². The molecule has 30 heavy (non-hydrogen) atoms. The number of fused-ring (bicyclic) bond motifs is 3. The molecular formula is C23H17BrN6. The maximum Gasteiger partial charge on any atom is 0.158 e. The van der Waals surface area contributed by atoms with Crippen molar-refractivity contribution in [3.05, 3.63) is 71.5 Å². The van der Waals surface area contributed by atoms with Crippen LogP contribution < -0.4 is 5.73 Å². The van der Waals surface area contributed by atoms with Crippen LogP contribution in [0.4, 0.5) is 5.82 Å². The minimum Gasteiger partial charge on any atom is -0.384 e. The lowest BCUT2D eigenvalue weighted by atomic mass is 10.1. The van der Waals surface area contributed by atoms with Gasteiger partial charge < -0.3 is 15.3 Å². The topological polar surface area (TPSA) is 76.9 Å². The Labute approximate surface area is 180 Å². The number of hydrogen-bond donors (Lipinski definition) is 2. The molecule has 0 amide bonds. The zero-order valence-corrected chi connectivity index (χ0v) is 17.7. The van der Waals surface area contributed by atoms with Crippen LogP contribution in [0.5, 0.6) is 0 Å². The molecular weight excluding hydrogens is 440 g/mol. The van der Waals surface area contributed by atoms with E-state index < -0.39 is 0 Å². The lowest BCUT2D eigenvalue weighted by molar-refractivity contribution is 0.955. The van der Waals surface area contributed by atoms with Crippen LogP contribution in [0.1, 0.15) is 0 Å². The summed E-state index contributed by atoms with van der Waals surface area (Å²) in [6, 6.07) is 18.3. The smallest absolute Gasteiger partial charge is 0.158 e. The van der Waals surface area contributed by atoms with Crippen molar-refractivity contribution in [3.63, 3.8) is 0 Å². The van der Waals surface area contributed by atoms with Gasteiger partial charge in [-0.2, -0.15) is 9.61 Å². The molecule has 0 aliphatic carbocycles. The molecule has 0 aliphatic rings. The van der Waals surface area contributed by atoms with Gasteiger partial charge in [0.2, 0.25) is 0 Å². The monoisotopic (exact) mass is 456 g/mol. The number of H-pyrrole nitrogens is 1. The van der Waals surface area contributed by atoms with Gasteiger partial charge in [-0.3, -0.25) is 0 Å². The Balaban J connectivity index is 1.56. The van der Waals surface area contributed by atoms with E-state index in [-0.39, 0.29) is 0 Å². The Morgan fingerprint density at radius 3 is 2.73 bits per heavy atom. The third kappa shape index (κ3) is 2.48. The van der Waals surface area contributed by atoms with E-state index in [9.17, 15) is 0 Å². The summed E-state index contributed by atoms with van der Waals surface area (Å²) in [7, 11) is 2.04. The van der Waals surface area contributed by atoms with Crippen LogP contribution in [0.2, 0.25) is 0 Å². The number of nitrogens with one attached hydrogen (secondary N) is 1. The number of para-hydroxylation sites is 1. The number of aromatic amines is 1. The summed E-state index contributed by atoms with van der Waals surface area (Å²) >= 11 is 3.58. The first-order valence-corrected chi connectivity index (χ1v) is 10.4. The van der Waals surface area contributed by atoms with Crippen molar-refractivity contribution in [1.29, 1.82) is 0 Å². The first-order chi connectivity index (χ1) is 14.6. The minimum absolute atomic E-state index is 0.549. The number of nitrogens with zero attached hydrogens (tertiary/aromatic N) is 4. The van der Waals surface area contributed by atoms with Crippen LogP contribution in [0.3, 0.4) is 0 Å². The van der Waals surface area contributed by atoms with E-state index in [2.05, 4.69) is 55.9 Å². The van der Waals surface area contributed by atoms with Crippen molar-refractivity contribution < 1.29 is 0 Å². The van der Waals surface area contributed by atoms with Crippen molar-refractivity contribution in [3.8, 4) is 22.5 Å². The Morgan fingerprint density at radius 1 is 0.967 bits per heavy atom. The van der Waals surface area contributed by atoms with Crippen molar-refractivity contribution >= 4 is 49.2 Å². The number of rotatable bonds is 2. The van der Waals surface area contributed by atoms with Gasteiger partial charge in [0.15, 0.2) is 5.65 Å². The molecule has 0 spiro atoms. The van der Waals surface area contributed by atoms with Crippen molar-refractivity contribution in [1.82, 2.24) is 24.1 Å². The summed E-state index contributed by atoms with van der Waals surface area (Å²) in [6.45, 7) is 0. The summed E-state index contributed by atoms with van der Waals surface area (Å²) in [5.41, 5.74) is 13.1. The minimum atomic E-state index is 0.549. The maximum absolute atomic E-state index is 6.39. The van der Waals surface area contributed by atoms with Crippen LogP contribution in [0, 0.1) is 0 Å². The average molecular weight is 457 g/mol. The summed E-state index contributed by atoms with van der Waals surface area (Å²) in [4.78, 5) is 8.19. The van der Waals surface area contributed by atoms with Crippen LogP contribution in [0.25, 0.3) is 50.0 Å². The van der Waals surface area contributed by atoms with E-state index in [1.54, 1.807) is 4.52 Å². The van der Waals surface area contributed by atoms with Gasteiger partial charge in [0.25, 0.3) is 0 Å². The Morgan fingerprint density at radius 2 is 1.83 bits per heavy atom. The summed E-state index contributed by atoms with van der Waals surface area (Å²) in [5.74, 6) is 0.549. The van der Waals surface area contributed by atoms with E-state index in [4.69, 9.17) is 15.8 Å². The fourth-order valence-electron chi connectivity index (χ4n) is 4.12. The predicted molar refractivity (Wildman–Crippen MR) is 124 cm³/mol. The number of aryl methyl sites for hydroxylation is 1. The van der Waals surface area contributed by atoms with Gasteiger partial charge in [-0.1, -0.05) is 34.1 Å². The first kappa shape index (κ1) is 17.3. The van der Waals surface area contributed by atoms with Crippen LogP contribution in [-0.4, -0.2) is 24.1 Å². The zero-order chi connectivity index (χ0) is 20.4. The van der Waals surface area contributed by atoms with Crippen molar-refractivity contribution in [2.45, 2.75) is 0 Å². The van der Waals surface area contributed by atoms with Crippen LogP contribution in [0.15, 0.2) is 71.5 Å². The Kier molecular flexibility index (Phi) is 3.58. The van der Waals surface area contributed by atoms with Gasteiger partial charge in [0.1, 0.15) is 5.82 Å². The average Bonchev–Trinajstić information content (AvgIpc) is 3.43. The second kappa shape index (κ2) is 6.21. The molecule has 4 aromatic heterocycles. The number of anilines is 1. The maximum atomic E-state index is 6.39. The Hall–Kier alpha value is -3.58. The van der Waals surface area contributed by atoms with Crippen molar-refractivity contribution in [2.24, 2.45) is 7.05 Å². The van der Waals surface area contributed by atoms with E-state index in [0.29, 0.717) is 5.82 Å². The summed E-state index contributed by atoms with van der Waals surface area (Å²) in [6.07, 6.45) is 4.07. The predicted octanol–water partition coefficient (Wildman–Crippen LogP) is 5.38. The SMILES string of the molecule is Cn1cc(-c2cc(N)n3nc(-c4c[nH]c5ccccc45)cc3n2)c2cc(Br)ccc21. The molecule has 0 bridgehead atoms. The summed E-state index contributed by atoms with van der Waals surface area (Å²) in [5, 5.41) is 6.97. The number of aromatic nitrogens is 5. The highest BCUT2D eigenvalue weighted by Crippen LogP contribution is 2.33.